The third-order valence-corrected chi connectivity index (χ3v) is 6.69. The van der Waals surface area contributed by atoms with Crippen LogP contribution in [0.15, 0.2) is 29.2 Å². The van der Waals surface area contributed by atoms with Gasteiger partial charge in [-0.05, 0) is 18.9 Å². The first kappa shape index (κ1) is 23.5. The molecule has 0 unspecified atom stereocenters. The van der Waals surface area contributed by atoms with Crippen molar-refractivity contribution in [3.63, 3.8) is 0 Å². The van der Waals surface area contributed by atoms with Crippen LogP contribution in [0.4, 0.5) is 5.69 Å². The number of fused-ring (bicyclic) bond motifs is 1. The van der Waals surface area contributed by atoms with Gasteiger partial charge in [0.15, 0.2) is 0 Å². The highest BCUT2D eigenvalue weighted by Crippen LogP contribution is 2.44. The standard InChI is InChI=1S/C23H28N2O4S2/c1-3-5-6-7-10-13-24-17-12-9-8-11-16(17)19(21(24)27)20-22(28)25(23(30)31-20)15-18(26)29-14-4-2/h8-9,11-12H,3-7,10,13-15H2,1-2H3. The van der Waals surface area contributed by atoms with Crippen LogP contribution in [-0.4, -0.2) is 46.7 Å². The van der Waals surface area contributed by atoms with Crippen LogP contribution < -0.4 is 4.90 Å². The fraction of sp³-hybridized carbons (Fsp3) is 0.478. The number of thiocarbonyl (C=S) groups is 1. The van der Waals surface area contributed by atoms with Crippen molar-refractivity contribution < 1.29 is 19.1 Å². The third-order valence-electron chi connectivity index (χ3n) is 5.24. The molecule has 2 heterocycles. The number of para-hydroxylation sites is 1. The lowest BCUT2D eigenvalue weighted by molar-refractivity contribution is -0.146. The average molecular weight is 461 g/mol. The maximum Gasteiger partial charge on any atom is 0.326 e. The van der Waals surface area contributed by atoms with Crippen molar-refractivity contribution in [1.82, 2.24) is 4.90 Å². The van der Waals surface area contributed by atoms with Gasteiger partial charge in [0, 0.05) is 12.1 Å². The van der Waals surface area contributed by atoms with Gasteiger partial charge < -0.3 is 9.64 Å². The van der Waals surface area contributed by atoms with E-state index < -0.39 is 11.9 Å². The molecule has 0 N–H and O–H groups in total. The van der Waals surface area contributed by atoms with Gasteiger partial charge in [0.05, 0.1) is 22.8 Å². The molecule has 1 aromatic rings. The van der Waals surface area contributed by atoms with Crippen molar-refractivity contribution in [3.05, 3.63) is 34.7 Å². The van der Waals surface area contributed by atoms with E-state index in [2.05, 4.69) is 6.92 Å². The summed E-state index contributed by atoms with van der Waals surface area (Å²) in [5, 5.41) is 0. The first-order valence-electron chi connectivity index (χ1n) is 10.8. The van der Waals surface area contributed by atoms with Gasteiger partial charge in [-0.1, -0.05) is 81.7 Å². The number of thioether (sulfide) groups is 1. The number of anilines is 1. The molecule has 2 aliphatic heterocycles. The number of unbranched alkanes of at least 4 members (excludes halogenated alkanes) is 4. The number of rotatable bonds is 10. The zero-order valence-electron chi connectivity index (χ0n) is 18.0. The monoisotopic (exact) mass is 460 g/mol. The zero-order chi connectivity index (χ0) is 22.4. The molecule has 31 heavy (non-hydrogen) atoms. The minimum absolute atomic E-state index is 0.175. The van der Waals surface area contributed by atoms with Gasteiger partial charge in [-0.3, -0.25) is 19.3 Å². The second-order valence-corrected chi connectivity index (χ2v) is 9.22. The lowest BCUT2D eigenvalue weighted by Crippen LogP contribution is -2.35. The number of carbonyl (C=O) groups is 3. The van der Waals surface area contributed by atoms with Gasteiger partial charge in [0.2, 0.25) is 0 Å². The van der Waals surface area contributed by atoms with E-state index in [-0.39, 0.29) is 16.8 Å². The van der Waals surface area contributed by atoms with Crippen LogP contribution >= 0.6 is 24.0 Å². The first-order valence-corrected chi connectivity index (χ1v) is 12.1. The lowest BCUT2D eigenvalue weighted by atomic mass is 10.1. The van der Waals surface area contributed by atoms with Crippen LogP contribution in [0.1, 0.15) is 57.9 Å². The molecule has 0 atom stereocenters. The number of esters is 1. The van der Waals surface area contributed by atoms with Gasteiger partial charge in [0.1, 0.15) is 10.9 Å². The maximum absolute atomic E-state index is 13.3. The van der Waals surface area contributed by atoms with Crippen LogP contribution in [0.3, 0.4) is 0 Å². The summed E-state index contributed by atoms with van der Waals surface area (Å²) in [6.07, 6.45) is 6.20. The molecule has 6 nitrogen and oxygen atoms in total. The fourth-order valence-electron chi connectivity index (χ4n) is 3.67. The van der Waals surface area contributed by atoms with Crippen LogP contribution in [0, 0.1) is 0 Å². The molecule has 2 aliphatic rings. The molecule has 1 fully saturated rings. The lowest BCUT2D eigenvalue weighted by Gasteiger charge is -2.17. The highest BCUT2D eigenvalue weighted by Gasteiger charge is 2.42. The van der Waals surface area contributed by atoms with Crippen molar-refractivity contribution in [2.75, 3.05) is 24.6 Å². The SMILES string of the molecule is CCCCCCCN1C(=O)C(=C2SC(=S)N(CC(=O)OCCC)C2=O)c2ccccc21. The Bertz CT molecular complexity index is 913. The van der Waals surface area contributed by atoms with Crippen molar-refractivity contribution in [1.29, 1.82) is 0 Å². The Morgan fingerprint density at radius 1 is 1.00 bits per heavy atom. The average Bonchev–Trinajstić information content (AvgIpc) is 3.19. The number of hydrogen-bond acceptors (Lipinski definition) is 6. The topological polar surface area (TPSA) is 66.9 Å². The summed E-state index contributed by atoms with van der Waals surface area (Å²) in [7, 11) is 0. The summed E-state index contributed by atoms with van der Waals surface area (Å²) in [6, 6.07) is 7.53. The summed E-state index contributed by atoms with van der Waals surface area (Å²) in [6.45, 7) is 4.75. The summed E-state index contributed by atoms with van der Waals surface area (Å²) < 4.78 is 5.35. The zero-order valence-corrected chi connectivity index (χ0v) is 19.7. The van der Waals surface area contributed by atoms with Gasteiger partial charge in [-0.2, -0.15) is 0 Å². The molecule has 1 aromatic carbocycles. The van der Waals surface area contributed by atoms with Crippen LogP contribution in [0.25, 0.3) is 5.57 Å². The second kappa shape index (κ2) is 10.9. The van der Waals surface area contributed by atoms with Crippen LogP contribution in [-0.2, 0) is 19.1 Å². The van der Waals surface area contributed by atoms with Gasteiger partial charge in [-0.25, -0.2) is 0 Å². The Kier molecular flexibility index (Phi) is 8.26. The molecule has 2 amide bonds. The number of nitrogens with zero attached hydrogens (tertiary/aromatic N) is 2. The summed E-state index contributed by atoms with van der Waals surface area (Å²) >= 11 is 6.42. The molecule has 1 saturated heterocycles. The first-order chi connectivity index (χ1) is 15.0. The third kappa shape index (κ3) is 5.18. The number of amides is 2. The molecule has 166 valence electrons. The van der Waals surface area contributed by atoms with E-state index in [0.29, 0.717) is 30.1 Å². The largest absolute Gasteiger partial charge is 0.464 e. The number of carbonyl (C=O) groups excluding carboxylic acids is 3. The predicted molar refractivity (Wildman–Crippen MR) is 128 cm³/mol. The van der Waals surface area contributed by atoms with Crippen molar-refractivity contribution in [2.24, 2.45) is 0 Å². The Labute approximate surface area is 193 Å². The molecule has 3 rings (SSSR count). The van der Waals surface area contributed by atoms with Gasteiger partial charge in [0.25, 0.3) is 11.8 Å². The summed E-state index contributed by atoms with van der Waals surface area (Å²) in [5.74, 6) is -1.09. The molecule has 0 aliphatic carbocycles. The smallest absolute Gasteiger partial charge is 0.326 e. The van der Waals surface area contributed by atoms with E-state index in [1.165, 1.54) is 17.7 Å². The number of hydrogen-bond donors (Lipinski definition) is 0. The number of ether oxygens (including phenoxy) is 1. The van der Waals surface area contributed by atoms with E-state index in [0.717, 1.165) is 42.3 Å². The minimum atomic E-state index is -0.503. The normalized spacial score (nSPS) is 18.2. The molecule has 0 radical (unpaired) electrons. The van der Waals surface area contributed by atoms with Crippen molar-refractivity contribution >= 4 is 57.3 Å². The predicted octanol–water partition coefficient (Wildman–Crippen LogP) is 4.53. The molecule has 0 saturated carbocycles. The van der Waals surface area contributed by atoms with Crippen molar-refractivity contribution in [2.45, 2.75) is 52.4 Å². The Hall–Kier alpha value is -2.19. The summed E-state index contributed by atoms with van der Waals surface area (Å²) in [5.41, 5.74) is 1.95. The minimum Gasteiger partial charge on any atom is -0.464 e. The molecule has 8 heteroatoms. The Morgan fingerprint density at radius 2 is 1.74 bits per heavy atom. The van der Waals surface area contributed by atoms with Crippen LogP contribution in [0.5, 0.6) is 0 Å². The fourth-order valence-corrected chi connectivity index (χ4v) is 5.00. The van der Waals surface area contributed by atoms with E-state index in [1.54, 1.807) is 4.90 Å². The highest BCUT2D eigenvalue weighted by atomic mass is 32.2. The summed E-state index contributed by atoms with van der Waals surface area (Å²) in [4.78, 5) is 41.7. The van der Waals surface area contributed by atoms with Crippen molar-refractivity contribution in [3.8, 4) is 0 Å². The molecule has 0 spiro atoms. The van der Waals surface area contributed by atoms with Gasteiger partial charge in [-0.15, -0.1) is 0 Å². The van der Waals surface area contributed by atoms with Crippen LogP contribution in [0.2, 0.25) is 0 Å². The Balaban J connectivity index is 1.82. The van der Waals surface area contributed by atoms with E-state index in [9.17, 15) is 14.4 Å². The number of benzene rings is 1. The van der Waals surface area contributed by atoms with E-state index in [4.69, 9.17) is 17.0 Å². The molecule has 0 aromatic heterocycles. The molecular formula is C23H28N2O4S2. The highest BCUT2D eigenvalue weighted by molar-refractivity contribution is 8.26. The van der Waals surface area contributed by atoms with E-state index >= 15 is 0 Å². The second-order valence-electron chi connectivity index (χ2n) is 7.57. The quantitative estimate of drug-likeness (QED) is 0.221. The molecular weight excluding hydrogens is 432 g/mol. The maximum atomic E-state index is 13.3. The molecule has 0 bridgehead atoms. The Morgan fingerprint density at radius 3 is 2.48 bits per heavy atom. The van der Waals surface area contributed by atoms with E-state index in [1.807, 2.05) is 31.2 Å². The van der Waals surface area contributed by atoms with Gasteiger partial charge >= 0.3 is 5.97 Å².